The van der Waals surface area contributed by atoms with Gasteiger partial charge in [0.05, 0.1) is 16.3 Å². The van der Waals surface area contributed by atoms with Crippen molar-refractivity contribution in [2.45, 2.75) is 51.2 Å². The van der Waals surface area contributed by atoms with Gasteiger partial charge in [-0.2, -0.15) is 0 Å². The third-order valence-electron chi connectivity index (χ3n) is 4.75. The van der Waals surface area contributed by atoms with Crippen LogP contribution in [0.1, 0.15) is 56.3 Å². The second-order valence-corrected chi connectivity index (χ2v) is 9.07. The van der Waals surface area contributed by atoms with E-state index in [1.165, 1.54) is 6.42 Å². The predicted molar refractivity (Wildman–Crippen MR) is 94.5 cm³/mol. The summed E-state index contributed by atoms with van der Waals surface area (Å²) in [5.41, 5.74) is 7.28. The molecule has 0 saturated heterocycles. The minimum atomic E-state index is -3.60. The molecular weight excluding hydrogens is 326 g/mol. The molecule has 2 aromatic rings. The van der Waals surface area contributed by atoms with Crippen LogP contribution < -0.4 is 5.73 Å². The lowest BCUT2D eigenvalue weighted by molar-refractivity contribution is 0.0889. The normalized spacial score (nSPS) is 16.8. The lowest BCUT2D eigenvalue weighted by Crippen LogP contribution is -2.23. The smallest absolute Gasteiger partial charge is 0.244 e. The predicted octanol–water partition coefficient (Wildman–Crippen LogP) is 2.97. The third-order valence-corrected chi connectivity index (χ3v) is 6.83. The van der Waals surface area contributed by atoms with Crippen molar-refractivity contribution in [1.82, 2.24) is 8.96 Å². The van der Waals surface area contributed by atoms with Gasteiger partial charge in [-0.3, -0.25) is 4.79 Å². The highest BCUT2D eigenvalue weighted by Crippen LogP contribution is 2.29. The lowest BCUT2D eigenvalue weighted by atomic mass is 9.84. The Morgan fingerprint density at radius 3 is 2.54 bits per heavy atom. The van der Waals surface area contributed by atoms with Crippen LogP contribution in [0.2, 0.25) is 0 Å². The van der Waals surface area contributed by atoms with E-state index in [-0.39, 0.29) is 17.6 Å². The van der Waals surface area contributed by atoms with E-state index >= 15 is 0 Å². The Hall–Kier alpha value is -1.89. The largest absolute Gasteiger partial charge is 0.368 e. The van der Waals surface area contributed by atoms with Gasteiger partial charge in [0.25, 0.3) is 0 Å². The fourth-order valence-corrected chi connectivity index (χ4v) is 4.46. The first-order chi connectivity index (χ1) is 11.3. The average molecular weight is 349 g/mol. The van der Waals surface area contributed by atoms with Crippen molar-refractivity contribution in [1.29, 1.82) is 0 Å². The van der Waals surface area contributed by atoms with Gasteiger partial charge in [-0.05, 0) is 44.9 Å². The first kappa shape index (κ1) is 17.0. The monoisotopic (exact) mass is 349 g/mol. The number of aromatic nitrogens is 2. The summed E-state index contributed by atoms with van der Waals surface area (Å²) in [6, 6.07) is 4.98. The average Bonchev–Trinajstić information content (AvgIpc) is 2.90. The molecule has 1 aliphatic rings. The second kappa shape index (κ2) is 6.20. The lowest BCUT2D eigenvalue weighted by Gasteiger charge is -2.20. The van der Waals surface area contributed by atoms with E-state index in [1.54, 1.807) is 32.0 Å². The van der Waals surface area contributed by atoms with Gasteiger partial charge in [0.1, 0.15) is 0 Å². The van der Waals surface area contributed by atoms with Crippen LogP contribution in [0.5, 0.6) is 0 Å². The van der Waals surface area contributed by atoms with Crippen molar-refractivity contribution in [2.24, 2.45) is 5.92 Å². The first-order valence-corrected chi connectivity index (χ1v) is 9.89. The van der Waals surface area contributed by atoms with E-state index in [4.69, 9.17) is 5.73 Å². The summed E-state index contributed by atoms with van der Waals surface area (Å²) in [6.45, 7) is 3.20. The molecule has 1 aromatic heterocycles. The third kappa shape index (κ3) is 2.81. The fraction of sp³-hybridized carbons (Fsp3) is 0.529. The van der Waals surface area contributed by atoms with Gasteiger partial charge in [0, 0.05) is 11.5 Å². The number of imidazole rings is 1. The van der Waals surface area contributed by atoms with Crippen molar-refractivity contribution in [3.8, 4) is 0 Å². The van der Waals surface area contributed by atoms with E-state index < -0.39 is 15.3 Å². The van der Waals surface area contributed by atoms with Gasteiger partial charge >= 0.3 is 0 Å². The zero-order valence-corrected chi connectivity index (χ0v) is 14.8. The molecule has 0 atom stereocenters. The number of ketones is 1. The number of nitrogens with two attached hydrogens (primary N) is 1. The Morgan fingerprint density at radius 2 is 1.92 bits per heavy atom. The summed E-state index contributed by atoms with van der Waals surface area (Å²) < 4.78 is 26.0. The number of nitrogens with zero attached hydrogens (tertiary/aromatic N) is 2. The number of rotatable bonds is 4. The molecular formula is C17H23N3O3S. The molecule has 1 fully saturated rings. The molecule has 3 rings (SSSR count). The molecule has 7 heteroatoms. The Balaban J connectivity index is 2.03. The number of nitrogen functional groups attached to an aromatic ring is 1. The van der Waals surface area contributed by atoms with E-state index in [0.717, 1.165) is 29.7 Å². The van der Waals surface area contributed by atoms with E-state index in [9.17, 15) is 13.2 Å². The van der Waals surface area contributed by atoms with Crippen molar-refractivity contribution in [3.63, 3.8) is 0 Å². The number of fused-ring (bicyclic) bond motifs is 1. The summed E-state index contributed by atoms with van der Waals surface area (Å²) >= 11 is 0. The number of benzene rings is 1. The molecule has 0 unspecified atom stereocenters. The SMILES string of the molecule is CC(C)S(=O)(=O)n1c(N)nc2cc(C(=O)C3CCCCC3)ccc21. The van der Waals surface area contributed by atoms with Gasteiger partial charge < -0.3 is 5.73 Å². The van der Waals surface area contributed by atoms with Gasteiger partial charge in [-0.25, -0.2) is 17.4 Å². The van der Waals surface area contributed by atoms with Crippen molar-refractivity contribution < 1.29 is 13.2 Å². The summed E-state index contributed by atoms with van der Waals surface area (Å²) in [4.78, 5) is 16.8. The number of hydrogen-bond donors (Lipinski definition) is 1. The molecule has 1 aromatic carbocycles. The number of carbonyl (C=O) groups is 1. The quantitative estimate of drug-likeness (QED) is 0.856. The fourth-order valence-electron chi connectivity index (χ4n) is 3.31. The maximum Gasteiger partial charge on any atom is 0.244 e. The summed E-state index contributed by atoms with van der Waals surface area (Å²) in [7, 11) is -3.60. The molecule has 0 bridgehead atoms. The Labute approximate surface area is 142 Å². The molecule has 1 heterocycles. The highest BCUT2D eigenvalue weighted by atomic mass is 32.2. The molecule has 0 aliphatic heterocycles. The van der Waals surface area contributed by atoms with Crippen LogP contribution in [0.15, 0.2) is 18.2 Å². The molecule has 1 saturated carbocycles. The van der Waals surface area contributed by atoms with Crippen molar-refractivity contribution in [3.05, 3.63) is 23.8 Å². The zero-order valence-electron chi connectivity index (χ0n) is 14.0. The molecule has 130 valence electrons. The molecule has 0 spiro atoms. The minimum Gasteiger partial charge on any atom is -0.368 e. The highest BCUT2D eigenvalue weighted by molar-refractivity contribution is 7.90. The van der Waals surface area contributed by atoms with Gasteiger partial charge in [-0.1, -0.05) is 19.3 Å². The van der Waals surface area contributed by atoms with Gasteiger partial charge in [-0.15, -0.1) is 0 Å². The Morgan fingerprint density at radius 1 is 1.25 bits per heavy atom. The van der Waals surface area contributed by atoms with Crippen LogP contribution >= 0.6 is 0 Å². The van der Waals surface area contributed by atoms with Crippen LogP contribution in [0.3, 0.4) is 0 Å². The number of anilines is 1. The van der Waals surface area contributed by atoms with Crippen LogP contribution in [0, 0.1) is 5.92 Å². The topological polar surface area (TPSA) is 95.1 Å². The maximum absolute atomic E-state index is 12.7. The van der Waals surface area contributed by atoms with E-state index in [0.29, 0.717) is 16.6 Å². The molecule has 1 aliphatic carbocycles. The van der Waals surface area contributed by atoms with E-state index in [2.05, 4.69) is 4.98 Å². The minimum absolute atomic E-state index is 0.0648. The number of Topliss-reactive ketones (excluding diaryl/α,β-unsaturated/α-hetero) is 1. The maximum atomic E-state index is 12.7. The Bertz CT molecular complexity index is 878. The van der Waals surface area contributed by atoms with E-state index in [1.807, 2.05) is 0 Å². The number of carbonyl (C=O) groups excluding carboxylic acids is 1. The highest BCUT2D eigenvalue weighted by Gasteiger charge is 2.26. The summed E-state index contributed by atoms with van der Waals surface area (Å²) in [5.74, 6) is 0.118. The standard InChI is InChI=1S/C17H23N3O3S/c1-11(2)24(22,23)20-15-9-8-13(10-14(15)19-17(20)18)16(21)12-6-4-3-5-7-12/h8-12H,3-7H2,1-2H3,(H2,18,19). The number of hydrogen-bond acceptors (Lipinski definition) is 5. The zero-order chi connectivity index (χ0) is 17.5. The summed E-state index contributed by atoms with van der Waals surface area (Å²) in [5, 5.41) is -0.610. The van der Waals surface area contributed by atoms with Crippen LogP contribution in [-0.2, 0) is 10.0 Å². The molecule has 6 nitrogen and oxygen atoms in total. The second-order valence-electron chi connectivity index (χ2n) is 6.73. The first-order valence-electron chi connectivity index (χ1n) is 8.39. The molecule has 0 radical (unpaired) electrons. The van der Waals surface area contributed by atoms with Gasteiger partial charge in [0.15, 0.2) is 5.78 Å². The molecule has 2 N–H and O–H groups in total. The van der Waals surface area contributed by atoms with Crippen molar-refractivity contribution in [2.75, 3.05) is 5.73 Å². The van der Waals surface area contributed by atoms with Crippen LogP contribution in [0.4, 0.5) is 5.95 Å². The van der Waals surface area contributed by atoms with Crippen molar-refractivity contribution >= 4 is 32.8 Å². The van der Waals surface area contributed by atoms with Crippen LogP contribution in [0.25, 0.3) is 11.0 Å². The van der Waals surface area contributed by atoms with Crippen LogP contribution in [-0.4, -0.2) is 28.4 Å². The van der Waals surface area contributed by atoms with Gasteiger partial charge in [0.2, 0.25) is 16.0 Å². The molecule has 0 amide bonds. The Kier molecular flexibility index (Phi) is 4.38. The summed E-state index contributed by atoms with van der Waals surface area (Å²) in [6.07, 6.45) is 5.22. The molecule has 24 heavy (non-hydrogen) atoms.